The molecule has 1 N–H and O–H groups in total. The van der Waals surface area contributed by atoms with Crippen LogP contribution in [0.3, 0.4) is 0 Å². The van der Waals surface area contributed by atoms with Crippen molar-refractivity contribution in [3.05, 3.63) is 65.0 Å². The maximum absolute atomic E-state index is 12.9. The molecule has 0 unspecified atom stereocenters. The number of hydrogen-bond acceptors (Lipinski definition) is 5. The molecular formula is C18H12FNO5. The number of benzene rings is 2. The molecule has 7 heteroatoms. The van der Waals surface area contributed by atoms with Gasteiger partial charge in [-0.3, -0.25) is 0 Å². The molecule has 0 radical (unpaired) electrons. The topological polar surface area (TPSA) is 96.6 Å². The fraction of sp³-hybridized carbons (Fsp3) is 0.0556. The summed E-state index contributed by atoms with van der Waals surface area (Å²) in [7, 11) is 1.35. The zero-order valence-corrected chi connectivity index (χ0v) is 13.0. The van der Waals surface area contributed by atoms with Gasteiger partial charge in [0.25, 0.3) is 0 Å². The number of carboxylic acid groups (broad SMARTS) is 1. The quantitative estimate of drug-likeness (QED) is 0.389. The van der Waals surface area contributed by atoms with Crippen LogP contribution in [0, 0.1) is 17.1 Å². The van der Waals surface area contributed by atoms with E-state index >= 15 is 0 Å². The highest BCUT2D eigenvalue weighted by atomic mass is 19.1. The number of carbonyl (C=O) groups is 2. The first-order chi connectivity index (χ1) is 11.9. The van der Waals surface area contributed by atoms with E-state index in [0.717, 1.165) is 18.2 Å². The molecule has 0 saturated heterocycles. The summed E-state index contributed by atoms with van der Waals surface area (Å²) in [6, 6.07) is 10.7. The summed E-state index contributed by atoms with van der Waals surface area (Å²) in [5.41, 5.74) is 0.0977. The molecule has 2 aromatic carbocycles. The van der Waals surface area contributed by atoms with E-state index in [-0.39, 0.29) is 17.1 Å². The van der Waals surface area contributed by atoms with E-state index in [1.165, 1.54) is 37.4 Å². The first-order valence-electron chi connectivity index (χ1n) is 6.95. The number of carboxylic acids is 1. The Morgan fingerprint density at radius 3 is 2.40 bits per heavy atom. The molecule has 0 spiro atoms. The number of carbonyl (C=O) groups excluding carboxylic acids is 1. The highest BCUT2D eigenvalue weighted by Gasteiger charge is 2.14. The number of aliphatic carboxylic acids is 1. The summed E-state index contributed by atoms with van der Waals surface area (Å²) in [5.74, 6) is -2.26. The third-order valence-electron chi connectivity index (χ3n) is 3.13. The van der Waals surface area contributed by atoms with Gasteiger partial charge in [0.1, 0.15) is 17.5 Å². The van der Waals surface area contributed by atoms with Crippen molar-refractivity contribution in [2.75, 3.05) is 7.11 Å². The Kier molecular flexibility index (Phi) is 5.48. The van der Waals surface area contributed by atoms with Crippen molar-refractivity contribution in [3.63, 3.8) is 0 Å². The van der Waals surface area contributed by atoms with Crippen LogP contribution in [0.1, 0.15) is 15.9 Å². The van der Waals surface area contributed by atoms with Crippen LogP contribution >= 0.6 is 0 Å². The second kappa shape index (κ2) is 7.75. The molecule has 0 aliphatic carbocycles. The lowest BCUT2D eigenvalue weighted by molar-refractivity contribution is -0.132. The molecule has 0 saturated carbocycles. The Labute approximate surface area is 142 Å². The van der Waals surface area contributed by atoms with Gasteiger partial charge in [-0.15, -0.1) is 0 Å². The number of halogens is 1. The van der Waals surface area contributed by atoms with Crippen molar-refractivity contribution in [2.24, 2.45) is 0 Å². The summed E-state index contributed by atoms with van der Waals surface area (Å²) in [5, 5.41) is 17.6. The van der Waals surface area contributed by atoms with E-state index in [1.807, 2.05) is 0 Å². The van der Waals surface area contributed by atoms with Crippen molar-refractivity contribution in [2.45, 2.75) is 0 Å². The molecule has 6 nitrogen and oxygen atoms in total. The minimum Gasteiger partial charge on any atom is -0.493 e. The molecule has 0 aliphatic heterocycles. The molecule has 2 aromatic rings. The number of nitriles is 1. The lowest BCUT2D eigenvalue weighted by Gasteiger charge is -2.10. The minimum absolute atomic E-state index is 0.0998. The van der Waals surface area contributed by atoms with Gasteiger partial charge in [0, 0.05) is 0 Å². The molecule has 25 heavy (non-hydrogen) atoms. The second-order valence-electron chi connectivity index (χ2n) is 4.78. The van der Waals surface area contributed by atoms with Gasteiger partial charge in [0.2, 0.25) is 0 Å². The van der Waals surface area contributed by atoms with E-state index in [1.54, 1.807) is 6.07 Å². The van der Waals surface area contributed by atoms with Crippen molar-refractivity contribution in [1.82, 2.24) is 0 Å². The molecular weight excluding hydrogens is 329 g/mol. The van der Waals surface area contributed by atoms with Gasteiger partial charge in [0.05, 0.1) is 12.7 Å². The first kappa shape index (κ1) is 17.7. The zero-order valence-electron chi connectivity index (χ0n) is 13.0. The number of ether oxygens (including phenoxy) is 2. The van der Waals surface area contributed by atoms with E-state index < -0.39 is 23.3 Å². The number of nitrogens with zero attached hydrogens (tertiary/aromatic N) is 1. The molecule has 0 bridgehead atoms. The van der Waals surface area contributed by atoms with Gasteiger partial charge in [-0.1, -0.05) is 6.07 Å². The molecule has 0 heterocycles. The SMILES string of the molecule is COc1cc(/C=C(/C#N)C(=O)O)ccc1OC(=O)c1ccc(F)cc1. The van der Waals surface area contributed by atoms with E-state index in [0.29, 0.717) is 5.56 Å². The second-order valence-corrected chi connectivity index (χ2v) is 4.78. The molecule has 0 amide bonds. The summed E-state index contributed by atoms with van der Waals surface area (Å²) >= 11 is 0. The van der Waals surface area contributed by atoms with Crippen LogP contribution in [0.25, 0.3) is 6.08 Å². The monoisotopic (exact) mass is 341 g/mol. The Bertz CT molecular complexity index is 881. The lowest BCUT2D eigenvalue weighted by Crippen LogP contribution is -2.09. The molecule has 0 aromatic heterocycles. The highest BCUT2D eigenvalue weighted by molar-refractivity contribution is 5.96. The van der Waals surface area contributed by atoms with Crippen molar-refractivity contribution in [3.8, 4) is 17.6 Å². The van der Waals surface area contributed by atoms with Crippen LogP contribution in [0.2, 0.25) is 0 Å². The predicted octanol–water partition coefficient (Wildman–Crippen LogP) is 3.05. The van der Waals surface area contributed by atoms with Gasteiger partial charge in [-0.05, 0) is 48.0 Å². The van der Waals surface area contributed by atoms with E-state index in [9.17, 15) is 14.0 Å². The van der Waals surface area contributed by atoms with Crippen molar-refractivity contribution >= 4 is 18.0 Å². The molecule has 0 atom stereocenters. The van der Waals surface area contributed by atoms with Crippen LogP contribution < -0.4 is 9.47 Å². The molecule has 0 aliphatic rings. The lowest BCUT2D eigenvalue weighted by atomic mass is 10.1. The van der Waals surface area contributed by atoms with Crippen LogP contribution in [0.5, 0.6) is 11.5 Å². The maximum Gasteiger partial charge on any atom is 0.346 e. The zero-order chi connectivity index (χ0) is 18.4. The maximum atomic E-state index is 12.9. The van der Waals surface area contributed by atoms with Crippen LogP contribution in [0.15, 0.2) is 48.0 Å². The predicted molar refractivity (Wildman–Crippen MR) is 85.6 cm³/mol. The Morgan fingerprint density at radius 2 is 1.84 bits per heavy atom. The van der Waals surface area contributed by atoms with Crippen LogP contribution in [0.4, 0.5) is 4.39 Å². The Balaban J connectivity index is 2.28. The summed E-state index contributed by atoms with van der Waals surface area (Å²) in [6.07, 6.45) is 1.16. The number of rotatable bonds is 5. The largest absolute Gasteiger partial charge is 0.493 e. The summed E-state index contributed by atoms with van der Waals surface area (Å²) in [4.78, 5) is 22.9. The van der Waals surface area contributed by atoms with E-state index in [4.69, 9.17) is 19.8 Å². The Morgan fingerprint density at radius 1 is 1.16 bits per heavy atom. The van der Waals surface area contributed by atoms with E-state index in [2.05, 4.69) is 0 Å². The van der Waals surface area contributed by atoms with Crippen LogP contribution in [-0.2, 0) is 4.79 Å². The molecule has 0 fully saturated rings. The molecule has 126 valence electrons. The number of methoxy groups -OCH3 is 1. The smallest absolute Gasteiger partial charge is 0.346 e. The highest BCUT2D eigenvalue weighted by Crippen LogP contribution is 2.29. The third kappa shape index (κ3) is 4.42. The molecule has 2 rings (SSSR count). The average Bonchev–Trinajstić information content (AvgIpc) is 2.60. The normalized spacial score (nSPS) is 10.7. The van der Waals surface area contributed by atoms with Gasteiger partial charge < -0.3 is 14.6 Å². The number of esters is 1. The van der Waals surface area contributed by atoms with Gasteiger partial charge >= 0.3 is 11.9 Å². The van der Waals surface area contributed by atoms with Crippen molar-refractivity contribution in [1.29, 1.82) is 5.26 Å². The standard InChI is InChI=1S/C18H12FNO5/c1-24-16-9-11(8-13(10-20)17(21)22)2-7-15(16)25-18(23)12-3-5-14(19)6-4-12/h2-9H,1H3,(H,21,22)/b13-8-. The average molecular weight is 341 g/mol. The number of hydrogen-bond donors (Lipinski definition) is 1. The third-order valence-corrected chi connectivity index (χ3v) is 3.13. The fourth-order valence-corrected chi connectivity index (χ4v) is 1.91. The summed E-state index contributed by atoms with van der Waals surface area (Å²) in [6.45, 7) is 0. The van der Waals surface area contributed by atoms with Crippen LogP contribution in [-0.4, -0.2) is 24.2 Å². The Hall–Kier alpha value is -3.66. The van der Waals surface area contributed by atoms with Crippen molar-refractivity contribution < 1.29 is 28.6 Å². The van der Waals surface area contributed by atoms with Gasteiger partial charge in [0.15, 0.2) is 11.5 Å². The fourth-order valence-electron chi connectivity index (χ4n) is 1.91. The van der Waals surface area contributed by atoms with Gasteiger partial charge in [-0.2, -0.15) is 5.26 Å². The first-order valence-corrected chi connectivity index (χ1v) is 6.95. The van der Waals surface area contributed by atoms with Gasteiger partial charge in [-0.25, -0.2) is 14.0 Å². The summed E-state index contributed by atoms with van der Waals surface area (Å²) < 4.78 is 23.2. The minimum atomic E-state index is -1.35.